The van der Waals surface area contributed by atoms with E-state index in [1.807, 2.05) is 12.1 Å². The maximum Gasteiger partial charge on any atom is 0.255 e. The van der Waals surface area contributed by atoms with Crippen LogP contribution in [-0.4, -0.2) is 21.4 Å². The molecule has 3 aromatic rings. The van der Waals surface area contributed by atoms with Crippen molar-refractivity contribution in [3.63, 3.8) is 0 Å². The molecule has 0 aliphatic carbocycles. The Labute approximate surface area is 161 Å². The zero-order valence-electron chi connectivity index (χ0n) is 15.3. The Balaban J connectivity index is 1.50. The molecule has 27 heavy (non-hydrogen) atoms. The molecule has 0 saturated carbocycles. The number of hydrogen-bond donors (Lipinski definition) is 1. The van der Waals surface area contributed by atoms with E-state index in [-0.39, 0.29) is 11.4 Å². The van der Waals surface area contributed by atoms with Crippen molar-refractivity contribution in [1.82, 2.24) is 14.9 Å². The van der Waals surface area contributed by atoms with Gasteiger partial charge in [-0.25, -0.2) is 9.37 Å². The van der Waals surface area contributed by atoms with Crippen molar-refractivity contribution in [2.24, 2.45) is 0 Å². The summed E-state index contributed by atoms with van der Waals surface area (Å²) in [6.45, 7) is 4.32. The first-order valence-electron chi connectivity index (χ1n) is 9.31. The summed E-state index contributed by atoms with van der Waals surface area (Å²) >= 11 is 1.61. The maximum absolute atomic E-state index is 14.0. The minimum atomic E-state index is -0.196. The van der Waals surface area contributed by atoms with Gasteiger partial charge in [0.05, 0.1) is 11.3 Å². The van der Waals surface area contributed by atoms with Crippen molar-refractivity contribution >= 4 is 11.3 Å². The van der Waals surface area contributed by atoms with E-state index < -0.39 is 0 Å². The van der Waals surface area contributed by atoms with Gasteiger partial charge in [-0.15, -0.1) is 11.3 Å². The number of thiophene rings is 1. The highest BCUT2D eigenvalue weighted by atomic mass is 32.1. The molecule has 0 fully saturated rings. The van der Waals surface area contributed by atoms with Gasteiger partial charge in [-0.2, -0.15) is 0 Å². The van der Waals surface area contributed by atoms with E-state index in [2.05, 4.69) is 27.9 Å². The third-order valence-corrected chi connectivity index (χ3v) is 5.97. The highest BCUT2D eigenvalue weighted by Crippen LogP contribution is 2.31. The first-order chi connectivity index (χ1) is 13.1. The molecule has 0 bridgehead atoms. The van der Waals surface area contributed by atoms with Gasteiger partial charge in [-0.05, 0) is 24.6 Å². The number of aromatic amines is 1. The van der Waals surface area contributed by atoms with Gasteiger partial charge in [-0.3, -0.25) is 9.69 Å². The summed E-state index contributed by atoms with van der Waals surface area (Å²) in [6, 6.07) is 10.9. The molecule has 0 amide bonds. The van der Waals surface area contributed by atoms with Crippen molar-refractivity contribution in [3.8, 4) is 10.4 Å². The van der Waals surface area contributed by atoms with Gasteiger partial charge in [0.25, 0.3) is 5.56 Å². The maximum atomic E-state index is 14.0. The number of fused-ring (bicyclic) bond motifs is 1. The van der Waals surface area contributed by atoms with Crippen LogP contribution in [0, 0.1) is 5.82 Å². The van der Waals surface area contributed by atoms with Crippen LogP contribution in [-0.2, 0) is 25.9 Å². The second-order valence-corrected chi connectivity index (χ2v) is 8.06. The Kier molecular flexibility index (Phi) is 5.18. The van der Waals surface area contributed by atoms with E-state index >= 15 is 0 Å². The van der Waals surface area contributed by atoms with Gasteiger partial charge in [-0.1, -0.05) is 25.1 Å². The van der Waals surface area contributed by atoms with Crippen molar-refractivity contribution in [1.29, 1.82) is 0 Å². The van der Waals surface area contributed by atoms with Crippen molar-refractivity contribution in [2.45, 2.75) is 39.3 Å². The molecule has 4 nitrogen and oxygen atoms in total. The normalized spacial score (nSPS) is 14.3. The van der Waals surface area contributed by atoms with Gasteiger partial charge in [0.2, 0.25) is 0 Å². The van der Waals surface area contributed by atoms with Crippen LogP contribution in [0.5, 0.6) is 0 Å². The Morgan fingerprint density at radius 2 is 2.11 bits per heavy atom. The van der Waals surface area contributed by atoms with Crippen LogP contribution < -0.4 is 5.56 Å². The molecule has 1 N–H and O–H groups in total. The topological polar surface area (TPSA) is 49.0 Å². The second kappa shape index (κ2) is 7.74. The smallest absolute Gasteiger partial charge is 0.255 e. The van der Waals surface area contributed by atoms with E-state index in [1.165, 1.54) is 10.9 Å². The SMILES string of the molecule is CCCc1nc2c(c(=O)[nH]1)CN(Cc1ccc(-c3ccccc3F)s1)CC2. The number of aryl methyl sites for hydroxylation is 1. The Bertz CT molecular complexity index is 1010. The first kappa shape index (κ1) is 18.1. The Morgan fingerprint density at radius 3 is 2.93 bits per heavy atom. The summed E-state index contributed by atoms with van der Waals surface area (Å²) in [5, 5.41) is 0. The molecule has 1 aliphatic rings. The first-order valence-corrected chi connectivity index (χ1v) is 10.1. The summed E-state index contributed by atoms with van der Waals surface area (Å²) in [7, 11) is 0. The van der Waals surface area contributed by atoms with Crippen molar-refractivity contribution < 1.29 is 4.39 Å². The van der Waals surface area contributed by atoms with E-state index in [4.69, 9.17) is 0 Å². The lowest BCUT2D eigenvalue weighted by atomic mass is 10.1. The molecule has 6 heteroatoms. The molecule has 3 heterocycles. The highest BCUT2D eigenvalue weighted by molar-refractivity contribution is 7.15. The summed E-state index contributed by atoms with van der Waals surface area (Å²) in [6.07, 6.45) is 2.57. The molecule has 1 aliphatic heterocycles. The van der Waals surface area contributed by atoms with Crippen LogP contribution >= 0.6 is 11.3 Å². The van der Waals surface area contributed by atoms with Gasteiger partial charge < -0.3 is 4.98 Å². The van der Waals surface area contributed by atoms with Crippen LogP contribution in [0.4, 0.5) is 4.39 Å². The lowest BCUT2D eigenvalue weighted by Crippen LogP contribution is -2.35. The Hall–Kier alpha value is -2.31. The van der Waals surface area contributed by atoms with Crippen molar-refractivity contribution in [2.75, 3.05) is 6.54 Å². The lowest BCUT2D eigenvalue weighted by molar-refractivity contribution is 0.243. The molecule has 0 spiro atoms. The molecular formula is C21H22FN3OS. The molecule has 140 valence electrons. The zero-order chi connectivity index (χ0) is 18.8. The summed E-state index contributed by atoms with van der Waals surface area (Å²) in [5.41, 5.74) is 2.36. The minimum absolute atomic E-state index is 0.00799. The van der Waals surface area contributed by atoms with Crippen LogP contribution in [0.15, 0.2) is 41.2 Å². The fourth-order valence-electron chi connectivity index (χ4n) is 3.51. The number of halogens is 1. The van der Waals surface area contributed by atoms with Gasteiger partial charge in [0.1, 0.15) is 11.6 Å². The molecule has 0 saturated heterocycles. The summed E-state index contributed by atoms with van der Waals surface area (Å²) < 4.78 is 14.0. The van der Waals surface area contributed by atoms with Gasteiger partial charge in [0, 0.05) is 47.8 Å². The number of hydrogen-bond acceptors (Lipinski definition) is 4. The predicted molar refractivity (Wildman–Crippen MR) is 106 cm³/mol. The van der Waals surface area contributed by atoms with Gasteiger partial charge >= 0.3 is 0 Å². The summed E-state index contributed by atoms with van der Waals surface area (Å²) in [4.78, 5) is 24.3. The second-order valence-electron chi connectivity index (χ2n) is 6.89. The number of nitrogens with one attached hydrogen (secondary N) is 1. The molecule has 0 radical (unpaired) electrons. The number of nitrogens with zero attached hydrogens (tertiary/aromatic N) is 2. The zero-order valence-corrected chi connectivity index (χ0v) is 16.1. The molecule has 2 aromatic heterocycles. The fraction of sp³-hybridized carbons (Fsp3) is 0.333. The van der Waals surface area contributed by atoms with Crippen molar-refractivity contribution in [3.05, 3.63) is 74.5 Å². The average molecular weight is 383 g/mol. The highest BCUT2D eigenvalue weighted by Gasteiger charge is 2.21. The van der Waals surface area contributed by atoms with Crippen LogP contribution in [0.1, 0.15) is 35.3 Å². The number of H-pyrrole nitrogens is 1. The lowest BCUT2D eigenvalue weighted by Gasteiger charge is -2.27. The van der Waals surface area contributed by atoms with Crippen LogP contribution in [0.2, 0.25) is 0 Å². The number of benzene rings is 1. The molecule has 0 unspecified atom stereocenters. The largest absolute Gasteiger partial charge is 0.310 e. The van der Waals surface area contributed by atoms with Gasteiger partial charge in [0.15, 0.2) is 0 Å². The quantitative estimate of drug-likeness (QED) is 0.720. The predicted octanol–water partition coefficient (Wildman–Crippen LogP) is 4.15. The molecule has 0 atom stereocenters. The van der Waals surface area contributed by atoms with Crippen LogP contribution in [0.25, 0.3) is 10.4 Å². The summed E-state index contributed by atoms with van der Waals surface area (Å²) in [5.74, 6) is 0.598. The van der Waals surface area contributed by atoms with Crippen LogP contribution in [0.3, 0.4) is 0 Å². The third-order valence-electron chi connectivity index (χ3n) is 4.86. The average Bonchev–Trinajstić information content (AvgIpc) is 3.11. The molecular weight excluding hydrogens is 361 g/mol. The standard InChI is InChI=1S/C21H22FN3OS/c1-2-5-20-23-18-10-11-25(13-16(18)21(26)24-20)12-14-8-9-19(27-14)15-6-3-4-7-17(15)22/h3-4,6-9H,2,5,10-13H2,1H3,(H,23,24,26). The van der Waals surface area contributed by atoms with E-state index in [9.17, 15) is 9.18 Å². The fourth-order valence-corrected chi connectivity index (χ4v) is 4.59. The van der Waals surface area contributed by atoms with E-state index in [0.29, 0.717) is 12.1 Å². The minimum Gasteiger partial charge on any atom is -0.310 e. The monoisotopic (exact) mass is 383 g/mol. The van der Waals surface area contributed by atoms with E-state index in [1.54, 1.807) is 23.5 Å². The van der Waals surface area contributed by atoms with E-state index in [0.717, 1.165) is 54.3 Å². The third kappa shape index (κ3) is 3.87. The number of rotatable bonds is 5. The molecule has 1 aromatic carbocycles. The Morgan fingerprint density at radius 1 is 1.26 bits per heavy atom. The molecule has 4 rings (SSSR count). The number of aromatic nitrogens is 2.